The summed E-state index contributed by atoms with van der Waals surface area (Å²) in [5, 5.41) is 9.75. The Morgan fingerprint density at radius 1 is 1.58 bits per heavy atom. The third kappa shape index (κ3) is 1.64. The summed E-state index contributed by atoms with van der Waals surface area (Å²) in [6.45, 7) is 3.75. The van der Waals surface area contributed by atoms with Gasteiger partial charge >= 0.3 is 0 Å². The molecule has 4 nitrogen and oxygen atoms in total. The third-order valence-corrected chi connectivity index (χ3v) is 2.23. The highest BCUT2D eigenvalue weighted by molar-refractivity contribution is 5.21. The van der Waals surface area contributed by atoms with E-state index in [9.17, 15) is 10.1 Å². The molecule has 0 aromatic carbocycles. The molecule has 66 valence electrons. The zero-order chi connectivity index (χ0) is 9.19. The number of nitrogens with zero attached hydrogens (tertiary/aromatic N) is 1. The van der Waals surface area contributed by atoms with Crippen molar-refractivity contribution in [2.45, 2.75) is 19.4 Å². The van der Waals surface area contributed by atoms with Gasteiger partial charge in [0.25, 0.3) is 0 Å². The molecule has 1 aliphatic rings. The third-order valence-electron chi connectivity index (χ3n) is 2.23. The van der Waals surface area contributed by atoms with Gasteiger partial charge in [-0.2, -0.15) is 0 Å². The van der Waals surface area contributed by atoms with E-state index in [1.54, 1.807) is 13.0 Å². The predicted octanol–water partition coefficient (Wildman–Crippen LogP) is 1.29. The molecular weight excluding hydrogens is 156 g/mol. The number of hydrazine groups is 1. The molecule has 0 aromatic rings. The molecule has 0 aliphatic heterocycles. The summed E-state index contributed by atoms with van der Waals surface area (Å²) in [7, 11) is 0. The summed E-state index contributed by atoms with van der Waals surface area (Å²) >= 11 is 0. The van der Waals surface area contributed by atoms with Crippen LogP contribution < -0.4 is 5.43 Å². The maximum Gasteiger partial charge on any atom is 0.158 e. The molecule has 2 unspecified atom stereocenters. The second kappa shape index (κ2) is 2.97. The van der Waals surface area contributed by atoms with Gasteiger partial charge in [-0.05, 0) is 6.92 Å². The van der Waals surface area contributed by atoms with Crippen LogP contribution in [-0.2, 0) is 0 Å². The first kappa shape index (κ1) is 8.77. The van der Waals surface area contributed by atoms with E-state index in [2.05, 4.69) is 5.43 Å². The van der Waals surface area contributed by atoms with E-state index in [4.69, 9.17) is 0 Å². The first-order valence-corrected chi connectivity index (χ1v) is 3.83. The smallest absolute Gasteiger partial charge is 0.158 e. The maximum atomic E-state index is 10.3. The maximum absolute atomic E-state index is 10.3. The van der Waals surface area contributed by atoms with E-state index in [1.807, 2.05) is 25.2 Å². The summed E-state index contributed by atoms with van der Waals surface area (Å²) in [6, 6.07) is 0. The van der Waals surface area contributed by atoms with Gasteiger partial charge in [-0.3, -0.25) is 0 Å². The van der Waals surface area contributed by atoms with Crippen LogP contribution in [0.3, 0.4) is 0 Å². The summed E-state index contributed by atoms with van der Waals surface area (Å²) in [6.07, 6.45) is 7.46. The van der Waals surface area contributed by atoms with Crippen molar-refractivity contribution in [1.82, 2.24) is 5.43 Å². The van der Waals surface area contributed by atoms with Gasteiger partial charge in [0, 0.05) is 5.92 Å². The fourth-order valence-corrected chi connectivity index (χ4v) is 1.17. The fourth-order valence-electron chi connectivity index (χ4n) is 1.17. The molecule has 4 heteroatoms. The molecule has 0 amide bonds. The van der Waals surface area contributed by atoms with E-state index in [-0.39, 0.29) is 5.92 Å². The van der Waals surface area contributed by atoms with Crippen LogP contribution in [0.4, 0.5) is 0 Å². The molecule has 12 heavy (non-hydrogen) atoms. The Bertz CT molecular complexity index is 247. The first-order chi connectivity index (χ1) is 5.54. The lowest BCUT2D eigenvalue weighted by molar-refractivity contribution is -0.557. The Balaban J connectivity index is 2.76. The Morgan fingerprint density at radius 3 is 2.75 bits per heavy atom. The highest BCUT2D eigenvalue weighted by Crippen LogP contribution is 2.23. The Hall–Kier alpha value is -1.32. The minimum absolute atomic E-state index is 0.132. The standard InChI is InChI=1S/C8H12N2O2/c1-7-5-3-4-6-8(7,2)9-10(11)12/h3-7,9H,1-2H3. The van der Waals surface area contributed by atoms with E-state index < -0.39 is 10.6 Å². The SMILES string of the molecule is CC1C=CC=CC1(C)N[N+](=O)[O-]. The number of hydrogen-bond donors (Lipinski definition) is 1. The summed E-state index contributed by atoms with van der Waals surface area (Å²) in [5.74, 6) is 0.132. The lowest BCUT2D eigenvalue weighted by Gasteiger charge is -2.28. The average Bonchev–Trinajstić information content (AvgIpc) is 1.94. The molecule has 0 radical (unpaired) electrons. The molecular formula is C8H12N2O2. The molecule has 1 rings (SSSR count). The van der Waals surface area contributed by atoms with Crippen molar-refractivity contribution in [1.29, 1.82) is 0 Å². The molecule has 2 atom stereocenters. The average molecular weight is 168 g/mol. The molecule has 0 saturated carbocycles. The molecule has 0 spiro atoms. The molecule has 1 aliphatic carbocycles. The van der Waals surface area contributed by atoms with Crippen molar-refractivity contribution in [3.8, 4) is 0 Å². The number of nitrogens with one attached hydrogen (secondary N) is 1. The van der Waals surface area contributed by atoms with Gasteiger partial charge in [0.15, 0.2) is 5.03 Å². The van der Waals surface area contributed by atoms with Gasteiger partial charge < -0.3 is 0 Å². The van der Waals surface area contributed by atoms with E-state index >= 15 is 0 Å². The Labute approximate surface area is 71.1 Å². The van der Waals surface area contributed by atoms with Crippen molar-refractivity contribution in [3.63, 3.8) is 0 Å². The van der Waals surface area contributed by atoms with Crippen LogP contribution in [0, 0.1) is 16.0 Å². The topological polar surface area (TPSA) is 55.2 Å². The second-order valence-electron chi connectivity index (χ2n) is 3.18. The number of nitro groups is 1. The molecule has 0 bridgehead atoms. The highest BCUT2D eigenvalue weighted by atomic mass is 16.7. The quantitative estimate of drug-likeness (QED) is 0.499. The van der Waals surface area contributed by atoms with Crippen molar-refractivity contribution >= 4 is 0 Å². The van der Waals surface area contributed by atoms with Crippen LogP contribution in [0.2, 0.25) is 0 Å². The van der Waals surface area contributed by atoms with Crippen molar-refractivity contribution in [2.75, 3.05) is 0 Å². The monoisotopic (exact) mass is 168 g/mol. The van der Waals surface area contributed by atoms with Gasteiger partial charge in [0.05, 0.1) is 0 Å². The van der Waals surface area contributed by atoms with Gasteiger partial charge in [0.1, 0.15) is 5.54 Å². The highest BCUT2D eigenvalue weighted by Gasteiger charge is 2.32. The second-order valence-corrected chi connectivity index (χ2v) is 3.18. The number of rotatable bonds is 2. The Morgan fingerprint density at radius 2 is 2.25 bits per heavy atom. The Kier molecular flexibility index (Phi) is 2.17. The molecule has 0 aromatic heterocycles. The zero-order valence-corrected chi connectivity index (χ0v) is 7.15. The number of hydrogen-bond acceptors (Lipinski definition) is 2. The minimum Gasteiger partial charge on any atom is -0.235 e. The summed E-state index contributed by atoms with van der Waals surface area (Å²) < 4.78 is 0. The van der Waals surface area contributed by atoms with Crippen LogP contribution in [0.15, 0.2) is 24.3 Å². The van der Waals surface area contributed by atoms with Crippen molar-refractivity contribution < 1.29 is 5.03 Å². The van der Waals surface area contributed by atoms with Gasteiger partial charge in [-0.15, -0.1) is 5.43 Å². The van der Waals surface area contributed by atoms with Crippen molar-refractivity contribution in [3.05, 3.63) is 34.4 Å². The van der Waals surface area contributed by atoms with Gasteiger partial charge in [0.2, 0.25) is 0 Å². The summed E-state index contributed by atoms with van der Waals surface area (Å²) in [4.78, 5) is 10.3. The van der Waals surface area contributed by atoms with Gasteiger partial charge in [-0.1, -0.05) is 31.2 Å². The zero-order valence-electron chi connectivity index (χ0n) is 7.15. The van der Waals surface area contributed by atoms with Crippen LogP contribution in [-0.4, -0.2) is 10.6 Å². The first-order valence-electron chi connectivity index (χ1n) is 3.83. The summed E-state index contributed by atoms with van der Waals surface area (Å²) in [5.41, 5.74) is 1.73. The molecule has 0 fully saturated rings. The molecule has 1 N–H and O–H groups in total. The van der Waals surface area contributed by atoms with Crippen LogP contribution >= 0.6 is 0 Å². The van der Waals surface area contributed by atoms with Crippen molar-refractivity contribution in [2.24, 2.45) is 5.92 Å². The fraction of sp³-hybridized carbons (Fsp3) is 0.500. The minimum atomic E-state index is -0.557. The predicted molar refractivity (Wildman–Crippen MR) is 46.0 cm³/mol. The normalized spacial score (nSPS) is 33.3. The van der Waals surface area contributed by atoms with Crippen LogP contribution in [0.1, 0.15) is 13.8 Å². The largest absolute Gasteiger partial charge is 0.235 e. The lowest BCUT2D eigenvalue weighted by Crippen LogP contribution is -2.49. The van der Waals surface area contributed by atoms with E-state index in [0.29, 0.717) is 0 Å². The van der Waals surface area contributed by atoms with E-state index in [0.717, 1.165) is 0 Å². The van der Waals surface area contributed by atoms with E-state index in [1.165, 1.54) is 0 Å². The number of allylic oxidation sites excluding steroid dienone is 2. The van der Waals surface area contributed by atoms with Crippen LogP contribution in [0.25, 0.3) is 0 Å². The molecule has 0 saturated heterocycles. The van der Waals surface area contributed by atoms with Gasteiger partial charge in [-0.25, -0.2) is 10.1 Å². The lowest BCUT2D eigenvalue weighted by atomic mass is 9.84. The van der Waals surface area contributed by atoms with Crippen LogP contribution in [0.5, 0.6) is 0 Å². The molecule has 0 heterocycles.